The molecule has 4 heteroatoms. The first-order valence-corrected chi connectivity index (χ1v) is 4.81. The van der Waals surface area contributed by atoms with Gasteiger partial charge in [0, 0.05) is 17.9 Å². The fraction of sp³-hybridized carbons (Fsp3) is 0.600. The molecule has 0 amide bonds. The molecule has 0 aliphatic carbocycles. The molecule has 1 heterocycles. The highest BCUT2D eigenvalue weighted by atomic mass is 19.3. The predicted molar refractivity (Wildman–Crippen MR) is 52.5 cm³/mol. The number of nitrogens with zero attached hydrogens (tertiary/aromatic N) is 1. The molecule has 0 aliphatic rings. The molecule has 80 valence electrons. The van der Waals surface area contributed by atoms with Gasteiger partial charge in [0.2, 0.25) is 0 Å². The van der Waals surface area contributed by atoms with Gasteiger partial charge in [-0.05, 0) is 25.6 Å². The molecule has 0 aliphatic heterocycles. The van der Waals surface area contributed by atoms with Crippen molar-refractivity contribution in [1.29, 1.82) is 0 Å². The third-order valence-corrected chi connectivity index (χ3v) is 2.15. The van der Waals surface area contributed by atoms with Gasteiger partial charge in [-0.15, -0.1) is 0 Å². The summed E-state index contributed by atoms with van der Waals surface area (Å²) < 4.78 is 26.0. The minimum absolute atomic E-state index is 0.119. The number of hydrogen-bond donors (Lipinski definition) is 1. The van der Waals surface area contributed by atoms with Gasteiger partial charge < -0.3 is 9.88 Å². The Balaban J connectivity index is 2.70. The molecular formula is C10H16F2N2. The van der Waals surface area contributed by atoms with Crippen LogP contribution in [0.25, 0.3) is 0 Å². The second kappa shape index (κ2) is 5.10. The Morgan fingerprint density at radius 2 is 2.21 bits per heavy atom. The summed E-state index contributed by atoms with van der Waals surface area (Å²) >= 11 is 0. The van der Waals surface area contributed by atoms with Crippen molar-refractivity contribution < 1.29 is 8.78 Å². The van der Waals surface area contributed by atoms with E-state index in [1.54, 1.807) is 16.8 Å². The number of rotatable bonds is 5. The third-order valence-electron chi connectivity index (χ3n) is 2.15. The van der Waals surface area contributed by atoms with Crippen molar-refractivity contribution in [2.75, 3.05) is 6.54 Å². The summed E-state index contributed by atoms with van der Waals surface area (Å²) in [5.74, 6) is 0. The van der Waals surface area contributed by atoms with Gasteiger partial charge >= 0.3 is 0 Å². The van der Waals surface area contributed by atoms with Crippen molar-refractivity contribution >= 4 is 0 Å². The number of hydrogen-bond acceptors (Lipinski definition) is 1. The van der Waals surface area contributed by atoms with Crippen molar-refractivity contribution in [3.05, 3.63) is 24.0 Å². The van der Waals surface area contributed by atoms with Gasteiger partial charge in [-0.1, -0.05) is 6.92 Å². The lowest BCUT2D eigenvalue weighted by molar-refractivity contribution is 0.125. The van der Waals surface area contributed by atoms with E-state index < -0.39 is 6.43 Å². The molecular weight excluding hydrogens is 186 g/mol. The quantitative estimate of drug-likeness (QED) is 0.776. The molecule has 14 heavy (non-hydrogen) atoms. The fourth-order valence-corrected chi connectivity index (χ4v) is 1.55. The average molecular weight is 202 g/mol. The SMILES string of the molecule is CCNC(C)c1cccn1CC(F)F. The van der Waals surface area contributed by atoms with E-state index in [1.165, 1.54) is 0 Å². The van der Waals surface area contributed by atoms with Gasteiger partial charge in [0.25, 0.3) is 6.43 Å². The smallest absolute Gasteiger partial charge is 0.256 e. The molecule has 1 aromatic rings. The highest BCUT2D eigenvalue weighted by molar-refractivity contribution is 5.11. The molecule has 0 saturated heterocycles. The Hall–Kier alpha value is -0.900. The molecule has 1 N–H and O–H groups in total. The number of nitrogens with one attached hydrogen (secondary N) is 1. The fourth-order valence-electron chi connectivity index (χ4n) is 1.55. The van der Waals surface area contributed by atoms with E-state index in [-0.39, 0.29) is 12.6 Å². The zero-order valence-corrected chi connectivity index (χ0v) is 8.50. The molecule has 1 unspecified atom stereocenters. The third kappa shape index (κ3) is 2.80. The highest BCUT2D eigenvalue weighted by Crippen LogP contribution is 2.14. The molecule has 0 bridgehead atoms. The minimum atomic E-state index is -2.30. The summed E-state index contributed by atoms with van der Waals surface area (Å²) in [5, 5.41) is 3.20. The van der Waals surface area contributed by atoms with Crippen LogP contribution in [0.3, 0.4) is 0 Å². The zero-order chi connectivity index (χ0) is 10.6. The maximum Gasteiger partial charge on any atom is 0.256 e. The van der Waals surface area contributed by atoms with Crippen LogP contribution in [0.4, 0.5) is 8.78 Å². The van der Waals surface area contributed by atoms with E-state index in [2.05, 4.69) is 5.32 Å². The predicted octanol–water partition coefficient (Wildman–Crippen LogP) is 2.42. The summed E-state index contributed by atoms with van der Waals surface area (Å²) in [6.45, 7) is 4.58. The van der Waals surface area contributed by atoms with Crippen LogP contribution in [-0.4, -0.2) is 17.5 Å². The molecule has 2 nitrogen and oxygen atoms in total. The summed E-state index contributed by atoms with van der Waals surface area (Å²) in [6, 6.07) is 3.79. The van der Waals surface area contributed by atoms with Crippen molar-refractivity contribution in [3.8, 4) is 0 Å². The Morgan fingerprint density at radius 3 is 2.79 bits per heavy atom. The van der Waals surface area contributed by atoms with E-state index >= 15 is 0 Å². The maximum absolute atomic E-state index is 12.2. The van der Waals surface area contributed by atoms with Crippen molar-refractivity contribution in [2.24, 2.45) is 0 Å². The maximum atomic E-state index is 12.2. The number of halogens is 2. The molecule has 1 aromatic heterocycles. The molecule has 0 aromatic carbocycles. The van der Waals surface area contributed by atoms with Gasteiger partial charge in [-0.3, -0.25) is 0 Å². The molecule has 0 spiro atoms. The summed E-state index contributed by atoms with van der Waals surface area (Å²) in [6.07, 6.45) is -0.607. The molecule has 0 radical (unpaired) electrons. The van der Waals surface area contributed by atoms with Crippen LogP contribution in [0.5, 0.6) is 0 Å². The average Bonchev–Trinajstić information content (AvgIpc) is 2.51. The topological polar surface area (TPSA) is 17.0 Å². The monoisotopic (exact) mass is 202 g/mol. The summed E-state index contributed by atoms with van der Waals surface area (Å²) in [7, 11) is 0. The standard InChI is InChI=1S/C10H16F2N2/c1-3-13-8(2)9-5-4-6-14(9)7-10(11)12/h4-6,8,10,13H,3,7H2,1-2H3. The van der Waals surface area contributed by atoms with Crippen LogP contribution in [0.1, 0.15) is 25.6 Å². The molecule has 0 fully saturated rings. The summed E-state index contributed by atoms with van der Waals surface area (Å²) in [5.41, 5.74) is 0.909. The lowest BCUT2D eigenvalue weighted by atomic mass is 10.2. The highest BCUT2D eigenvalue weighted by Gasteiger charge is 2.11. The summed E-state index contributed by atoms with van der Waals surface area (Å²) in [4.78, 5) is 0. The number of aromatic nitrogens is 1. The van der Waals surface area contributed by atoms with Gasteiger partial charge in [0.1, 0.15) is 0 Å². The molecule has 0 saturated carbocycles. The first kappa shape index (κ1) is 11.2. The molecule has 1 atom stereocenters. The second-order valence-corrected chi connectivity index (χ2v) is 3.26. The van der Waals surface area contributed by atoms with E-state index in [4.69, 9.17) is 0 Å². The van der Waals surface area contributed by atoms with Crippen LogP contribution in [0.15, 0.2) is 18.3 Å². The van der Waals surface area contributed by atoms with Crippen LogP contribution < -0.4 is 5.32 Å². The largest absolute Gasteiger partial charge is 0.344 e. The zero-order valence-electron chi connectivity index (χ0n) is 8.50. The van der Waals surface area contributed by atoms with E-state index in [0.29, 0.717) is 0 Å². The van der Waals surface area contributed by atoms with Gasteiger partial charge in [0.15, 0.2) is 0 Å². The Morgan fingerprint density at radius 1 is 1.50 bits per heavy atom. The van der Waals surface area contributed by atoms with E-state index in [0.717, 1.165) is 12.2 Å². The van der Waals surface area contributed by atoms with Gasteiger partial charge in [-0.25, -0.2) is 8.78 Å². The lowest BCUT2D eigenvalue weighted by Gasteiger charge is -2.15. The van der Waals surface area contributed by atoms with Crippen LogP contribution in [0.2, 0.25) is 0 Å². The van der Waals surface area contributed by atoms with Crippen molar-refractivity contribution in [1.82, 2.24) is 9.88 Å². The van der Waals surface area contributed by atoms with Crippen molar-refractivity contribution in [2.45, 2.75) is 32.9 Å². The Kier molecular flexibility index (Phi) is 4.07. The van der Waals surface area contributed by atoms with Crippen LogP contribution in [0, 0.1) is 0 Å². The Labute approximate surface area is 82.9 Å². The van der Waals surface area contributed by atoms with Crippen LogP contribution in [-0.2, 0) is 6.54 Å². The second-order valence-electron chi connectivity index (χ2n) is 3.26. The normalized spacial score (nSPS) is 13.5. The van der Waals surface area contributed by atoms with E-state index in [9.17, 15) is 8.78 Å². The lowest BCUT2D eigenvalue weighted by Crippen LogP contribution is -2.21. The van der Waals surface area contributed by atoms with E-state index in [1.807, 2.05) is 19.9 Å². The van der Waals surface area contributed by atoms with Crippen LogP contribution >= 0.6 is 0 Å². The van der Waals surface area contributed by atoms with Crippen molar-refractivity contribution in [3.63, 3.8) is 0 Å². The van der Waals surface area contributed by atoms with Gasteiger partial charge in [-0.2, -0.15) is 0 Å². The first-order valence-electron chi connectivity index (χ1n) is 4.81. The Bertz CT molecular complexity index is 271. The minimum Gasteiger partial charge on any atom is -0.344 e. The first-order chi connectivity index (χ1) is 6.65. The molecule has 1 rings (SSSR count). The number of alkyl halides is 2. The van der Waals surface area contributed by atoms with Gasteiger partial charge in [0.05, 0.1) is 6.54 Å².